The van der Waals surface area contributed by atoms with E-state index >= 15 is 0 Å². The fourth-order valence-electron chi connectivity index (χ4n) is 1.28. The molecule has 0 aliphatic rings. The molecule has 2 rings (SSSR count). The summed E-state index contributed by atoms with van der Waals surface area (Å²) in [7, 11) is 0. The summed E-state index contributed by atoms with van der Waals surface area (Å²) < 4.78 is 1.63. The van der Waals surface area contributed by atoms with Gasteiger partial charge in [0.05, 0.1) is 5.56 Å². The Hall–Kier alpha value is -1.20. The standard InChI is InChI=1S/C12H8Br2N2O/c13-9-2-1-3-10(6-9)16-12(17)8-4-5-11(14)15-7-8/h1-7H,(H,16,17). The van der Waals surface area contributed by atoms with Crippen LogP contribution in [-0.2, 0) is 0 Å². The highest BCUT2D eigenvalue weighted by Crippen LogP contribution is 2.16. The van der Waals surface area contributed by atoms with Gasteiger partial charge in [0, 0.05) is 16.4 Å². The van der Waals surface area contributed by atoms with Crippen molar-refractivity contribution in [1.29, 1.82) is 0 Å². The number of halogens is 2. The lowest BCUT2D eigenvalue weighted by atomic mass is 10.2. The molecule has 0 aliphatic carbocycles. The number of hydrogen-bond acceptors (Lipinski definition) is 2. The monoisotopic (exact) mass is 354 g/mol. The van der Waals surface area contributed by atoms with Crippen LogP contribution in [0.1, 0.15) is 10.4 Å². The zero-order chi connectivity index (χ0) is 12.3. The number of aromatic nitrogens is 1. The van der Waals surface area contributed by atoms with E-state index in [-0.39, 0.29) is 5.91 Å². The van der Waals surface area contributed by atoms with Crippen LogP contribution in [0.2, 0.25) is 0 Å². The van der Waals surface area contributed by atoms with Crippen molar-refractivity contribution in [2.24, 2.45) is 0 Å². The summed E-state index contributed by atoms with van der Waals surface area (Å²) in [5.41, 5.74) is 1.26. The number of carbonyl (C=O) groups excluding carboxylic acids is 1. The molecular weight excluding hydrogens is 348 g/mol. The molecule has 2 aromatic rings. The summed E-state index contributed by atoms with van der Waals surface area (Å²) in [5.74, 6) is -0.178. The van der Waals surface area contributed by atoms with Crippen molar-refractivity contribution in [2.75, 3.05) is 5.32 Å². The highest BCUT2D eigenvalue weighted by molar-refractivity contribution is 9.10. The van der Waals surface area contributed by atoms with Crippen LogP contribution in [0, 0.1) is 0 Å². The van der Waals surface area contributed by atoms with Gasteiger partial charge in [0.15, 0.2) is 0 Å². The van der Waals surface area contributed by atoms with Crippen LogP contribution in [0.15, 0.2) is 51.7 Å². The minimum Gasteiger partial charge on any atom is -0.322 e. The maximum absolute atomic E-state index is 11.9. The lowest BCUT2D eigenvalue weighted by Crippen LogP contribution is -2.11. The van der Waals surface area contributed by atoms with Crippen LogP contribution < -0.4 is 5.32 Å². The number of pyridine rings is 1. The van der Waals surface area contributed by atoms with Crippen molar-refractivity contribution in [3.8, 4) is 0 Å². The molecule has 5 heteroatoms. The van der Waals surface area contributed by atoms with Gasteiger partial charge in [0.25, 0.3) is 5.91 Å². The third kappa shape index (κ3) is 3.38. The number of anilines is 1. The van der Waals surface area contributed by atoms with Crippen LogP contribution in [0.3, 0.4) is 0 Å². The Morgan fingerprint density at radius 2 is 2.00 bits per heavy atom. The minimum absolute atomic E-state index is 0.178. The Bertz CT molecular complexity index is 540. The summed E-state index contributed by atoms with van der Waals surface area (Å²) in [6.45, 7) is 0. The van der Waals surface area contributed by atoms with E-state index in [1.165, 1.54) is 6.20 Å². The number of nitrogens with one attached hydrogen (secondary N) is 1. The molecule has 1 aromatic carbocycles. The second kappa shape index (κ2) is 5.42. The van der Waals surface area contributed by atoms with Gasteiger partial charge in [-0.2, -0.15) is 0 Å². The number of rotatable bonds is 2. The molecule has 1 N–H and O–H groups in total. The van der Waals surface area contributed by atoms with E-state index in [4.69, 9.17) is 0 Å². The lowest BCUT2D eigenvalue weighted by Gasteiger charge is -2.05. The first-order valence-electron chi connectivity index (χ1n) is 4.83. The Labute approximate surface area is 116 Å². The van der Waals surface area contributed by atoms with E-state index in [1.54, 1.807) is 12.1 Å². The average Bonchev–Trinajstić information content (AvgIpc) is 2.29. The third-order valence-corrected chi connectivity index (χ3v) is 3.03. The molecular formula is C12H8Br2N2O. The average molecular weight is 356 g/mol. The minimum atomic E-state index is -0.178. The second-order valence-corrected chi connectivity index (χ2v) is 5.06. The third-order valence-electron chi connectivity index (χ3n) is 2.07. The van der Waals surface area contributed by atoms with Gasteiger partial charge in [-0.05, 0) is 46.3 Å². The second-order valence-electron chi connectivity index (χ2n) is 3.33. The Morgan fingerprint density at radius 1 is 1.18 bits per heavy atom. The lowest BCUT2D eigenvalue weighted by molar-refractivity contribution is 0.102. The quantitative estimate of drug-likeness (QED) is 0.831. The molecule has 1 heterocycles. The van der Waals surface area contributed by atoms with E-state index in [2.05, 4.69) is 42.2 Å². The van der Waals surface area contributed by atoms with Gasteiger partial charge in [0.1, 0.15) is 4.60 Å². The molecule has 0 spiro atoms. The van der Waals surface area contributed by atoms with Crippen LogP contribution >= 0.6 is 31.9 Å². The summed E-state index contributed by atoms with van der Waals surface area (Å²) in [6.07, 6.45) is 1.53. The number of nitrogens with zero attached hydrogens (tertiary/aromatic N) is 1. The predicted octanol–water partition coefficient (Wildman–Crippen LogP) is 3.86. The van der Waals surface area contributed by atoms with Gasteiger partial charge in [-0.1, -0.05) is 22.0 Å². The summed E-state index contributed by atoms with van der Waals surface area (Å²) in [4.78, 5) is 15.9. The van der Waals surface area contributed by atoms with Gasteiger partial charge in [-0.15, -0.1) is 0 Å². The highest BCUT2D eigenvalue weighted by atomic mass is 79.9. The molecule has 86 valence electrons. The fourth-order valence-corrected chi connectivity index (χ4v) is 1.91. The van der Waals surface area contributed by atoms with Crippen LogP contribution in [-0.4, -0.2) is 10.9 Å². The highest BCUT2D eigenvalue weighted by Gasteiger charge is 2.06. The number of amides is 1. The maximum Gasteiger partial charge on any atom is 0.257 e. The van der Waals surface area contributed by atoms with Crippen molar-refractivity contribution < 1.29 is 4.79 Å². The summed E-state index contributed by atoms with van der Waals surface area (Å²) in [5, 5.41) is 2.79. The van der Waals surface area contributed by atoms with E-state index in [9.17, 15) is 4.79 Å². The molecule has 0 saturated heterocycles. The van der Waals surface area contributed by atoms with E-state index in [1.807, 2.05) is 24.3 Å². The number of carbonyl (C=O) groups is 1. The molecule has 0 fully saturated rings. The molecule has 0 saturated carbocycles. The zero-order valence-corrected chi connectivity index (χ0v) is 11.8. The van der Waals surface area contributed by atoms with Crippen molar-refractivity contribution in [1.82, 2.24) is 4.98 Å². The van der Waals surface area contributed by atoms with E-state index < -0.39 is 0 Å². The van der Waals surface area contributed by atoms with Crippen LogP contribution in [0.25, 0.3) is 0 Å². The van der Waals surface area contributed by atoms with E-state index in [0.717, 1.165) is 10.2 Å². The fraction of sp³-hybridized carbons (Fsp3) is 0. The molecule has 0 unspecified atom stereocenters. The zero-order valence-electron chi connectivity index (χ0n) is 8.65. The van der Waals surface area contributed by atoms with Crippen molar-refractivity contribution in [2.45, 2.75) is 0 Å². The molecule has 3 nitrogen and oxygen atoms in total. The largest absolute Gasteiger partial charge is 0.322 e. The first kappa shape index (κ1) is 12.3. The first-order chi connectivity index (χ1) is 8.15. The molecule has 0 atom stereocenters. The summed E-state index contributed by atoms with van der Waals surface area (Å²) in [6, 6.07) is 10.9. The smallest absolute Gasteiger partial charge is 0.257 e. The molecule has 1 aromatic heterocycles. The van der Waals surface area contributed by atoms with Crippen molar-refractivity contribution in [3.63, 3.8) is 0 Å². The van der Waals surface area contributed by atoms with Crippen molar-refractivity contribution in [3.05, 3.63) is 57.2 Å². The van der Waals surface area contributed by atoms with Gasteiger partial charge >= 0.3 is 0 Å². The Balaban J connectivity index is 2.14. The number of benzene rings is 1. The van der Waals surface area contributed by atoms with Crippen LogP contribution in [0.5, 0.6) is 0 Å². The van der Waals surface area contributed by atoms with Crippen LogP contribution in [0.4, 0.5) is 5.69 Å². The Morgan fingerprint density at radius 3 is 2.65 bits per heavy atom. The topological polar surface area (TPSA) is 42.0 Å². The summed E-state index contributed by atoms with van der Waals surface area (Å²) >= 11 is 6.57. The molecule has 17 heavy (non-hydrogen) atoms. The predicted molar refractivity (Wildman–Crippen MR) is 74.0 cm³/mol. The molecule has 0 aliphatic heterocycles. The Kier molecular flexibility index (Phi) is 3.91. The van der Waals surface area contributed by atoms with Crippen molar-refractivity contribution >= 4 is 43.5 Å². The van der Waals surface area contributed by atoms with Gasteiger partial charge in [-0.25, -0.2) is 4.98 Å². The molecule has 1 amide bonds. The van der Waals surface area contributed by atoms with Gasteiger partial charge in [-0.3, -0.25) is 4.79 Å². The van der Waals surface area contributed by atoms with Gasteiger partial charge < -0.3 is 5.32 Å². The maximum atomic E-state index is 11.9. The SMILES string of the molecule is O=C(Nc1cccc(Br)c1)c1ccc(Br)nc1. The molecule has 0 radical (unpaired) electrons. The van der Waals surface area contributed by atoms with Gasteiger partial charge in [0.2, 0.25) is 0 Å². The first-order valence-corrected chi connectivity index (χ1v) is 6.42. The normalized spacial score (nSPS) is 10.0. The number of hydrogen-bond donors (Lipinski definition) is 1. The molecule has 0 bridgehead atoms. The van der Waals surface area contributed by atoms with E-state index in [0.29, 0.717) is 10.2 Å².